The van der Waals surface area contributed by atoms with Gasteiger partial charge >= 0.3 is 5.97 Å². The molecule has 0 bridgehead atoms. The maximum absolute atomic E-state index is 11.9. The van der Waals surface area contributed by atoms with Crippen molar-refractivity contribution in [3.63, 3.8) is 0 Å². The number of amides is 3. The summed E-state index contributed by atoms with van der Waals surface area (Å²) in [6.45, 7) is 3.77. The number of hydrogen-bond acceptors (Lipinski definition) is 6. The van der Waals surface area contributed by atoms with E-state index in [9.17, 15) is 24.3 Å². The SMILES string of the molecule is CCC(C)C(N)C(=O)NC(CO)C(=O)NCC(=O)NC(C)C(=O)O. The van der Waals surface area contributed by atoms with Gasteiger partial charge in [0.15, 0.2) is 0 Å². The second-order valence-corrected chi connectivity index (χ2v) is 5.50. The number of aliphatic hydroxyl groups excluding tert-OH is 1. The molecule has 0 saturated heterocycles. The van der Waals surface area contributed by atoms with Crippen LogP contribution in [0.3, 0.4) is 0 Å². The molecule has 0 aliphatic carbocycles. The Morgan fingerprint density at radius 2 is 1.67 bits per heavy atom. The van der Waals surface area contributed by atoms with Crippen LogP contribution in [0, 0.1) is 5.92 Å². The molecule has 10 nitrogen and oxygen atoms in total. The third-order valence-corrected chi connectivity index (χ3v) is 3.55. The Bertz CT molecular complexity index is 470. The van der Waals surface area contributed by atoms with Crippen molar-refractivity contribution in [1.82, 2.24) is 16.0 Å². The molecule has 4 atom stereocenters. The van der Waals surface area contributed by atoms with Gasteiger partial charge in [-0.05, 0) is 12.8 Å². The first kappa shape index (κ1) is 21.8. The molecule has 24 heavy (non-hydrogen) atoms. The number of hydrogen-bond donors (Lipinski definition) is 6. The van der Waals surface area contributed by atoms with Crippen LogP contribution < -0.4 is 21.7 Å². The van der Waals surface area contributed by atoms with E-state index >= 15 is 0 Å². The smallest absolute Gasteiger partial charge is 0.325 e. The predicted molar refractivity (Wildman–Crippen MR) is 84.7 cm³/mol. The third-order valence-electron chi connectivity index (χ3n) is 3.55. The molecule has 0 radical (unpaired) electrons. The van der Waals surface area contributed by atoms with Gasteiger partial charge in [-0.3, -0.25) is 19.2 Å². The number of nitrogens with one attached hydrogen (secondary N) is 3. The van der Waals surface area contributed by atoms with Crippen LogP contribution >= 0.6 is 0 Å². The van der Waals surface area contributed by atoms with Crippen molar-refractivity contribution < 1.29 is 29.4 Å². The van der Waals surface area contributed by atoms with Crippen LogP contribution in [-0.2, 0) is 19.2 Å². The topological polar surface area (TPSA) is 171 Å². The van der Waals surface area contributed by atoms with Crippen molar-refractivity contribution in [2.24, 2.45) is 11.7 Å². The Kier molecular flexibility index (Phi) is 9.58. The van der Waals surface area contributed by atoms with Crippen LogP contribution in [0.4, 0.5) is 0 Å². The van der Waals surface area contributed by atoms with E-state index in [0.29, 0.717) is 6.42 Å². The van der Waals surface area contributed by atoms with Crippen molar-refractivity contribution in [2.45, 2.75) is 45.3 Å². The fourth-order valence-corrected chi connectivity index (χ4v) is 1.62. The van der Waals surface area contributed by atoms with E-state index in [1.165, 1.54) is 6.92 Å². The van der Waals surface area contributed by atoms with Gasteiger partial charge in [0, 0.05) is 0 Å². The molecule has 0 heterocycles. The van der Waals surface area contributed by atoms with E-state index < -0.39 is 55.0 Å². The zero-order valence-corrected chi connectivity index (χ0v) is 14.0. The lowest BCUT2D eigenvalue weighted by molar-refractivity contribution is -0.141. The van der Waals surface area contributed by atoms with Gasteiger partial charge in [0.25, 0.3) is 0 Å². The first-order chi connectivity index (χ1) is 11.1. The van der Waals surface area contributed by atoms with Gasteiger partial charge in [0.2, 0.25) is 17.7 Å². The van der Waals surface area contributed by atoms with E-state index in [1.54, 1.807) is 6.92 Å². The summed E-state index contributed by atoms with van der Waals surface area (Å²) < 4.78 is 0. The van der Waals surface area contributed by atoms with Crippen molar-refractivity contribution in [2.75, 3.05) is 13.2 Å². The summed E-state index contributed by atoms with van der Waals surface area (Å²) in [5, 5.41) is 24.5. The number of nitrogens with two attached hydrogens (primary N) is 1. The van der Waals surface area contributed by atoms with Crippen LogP contribution in [0.1, 0.15) is 27.2 Å². The molecule has 0 fully saturated rings. The Labute approximate surface area is 140 Å². The van der Waals surface area contributed by atoms with Crippen LogP contribution in [-0.4, -0.2) is 65.2 Å². The van der Waals surface area contributed by atoms with Gasteiger partial charge in [-0.25, -0.2) is 0 Å². The number of carboxylic acids is 1. The third kappa shape index (κ3) is 7.38. The monoisotopic (exact) mass is 346 g/mol. The minimum Gasteiger partial charge on any atom is -0.480 e. The Morgan fingerprint density at radius 3 is 2.12 bits per heavy atom. The van der Waals surface area contributed by atoms with E-state index in [1.807, 2.05) is 6.92 Å². The minimum atomic E-state index is -1.25. The molecule has 138 valence electrons. The zero-order valence-electron chi connectivity index (χ0n) is 14.0. The average Bonchev–Trinajstić information content (AvgIpc) is 2.55. The molecule has 0 aromatic heterocycles. The van der Waals surface area contributed by atoms with E-state index in [4.69, 9.17) is 10.8 Å². The fraction of sp³-hybridized carbons (Fsp3) is 0.714. The standard InChI is InChI=1S/C14H26N4O6/c1-4-7(2)11(15)13(22)18-9(6-19)12(21)16-5-10(20)17-8(3)14(23)24/h7-9,11,19H,4-6,15H2,1-3H3,(H,16,21)(H,17,20)(H,18,22)(H,23,24). The first-order valence-corrected chi connectivity index (χ1v) is 7.60. The molecule has 4 unspecified atom stereocenters. The van der Waals surface area contributed by atoms with Crippen molar-refractivity contribution in [3.05, 3.63) is 0 Å². The predicted octanol–water partition coefficient (Wildman–Crippen LogP) is -2.46. The first-order valence-electron chi connectivity index (χ1n) is 7.60. The molecule has 0 saturated carbocycles. The normalized spacial score (nSPS) is 15.5. The zero-order chi connectivity index (χ0) is 18.9. The summed E-state index contributed by atoms with van der Waals surface area (Å²) >= 11 is 0. The number of aliphatic carboxylic acids is 1. The van der Waals surface area contributed by atoms with E-state index in [0.717, 1.165) is 0 Å². The lowest BCUT2D eigenvalue weighted by atomic mass is 9.99. The highest BCUT2D eigenvalue weighted by Gasteiger charge is 2.26. The lowest BCUT2D eigenvalue weighted by Gasteiger charge is -2.21. The Morgan fingerprint density at radius 1 is 1.08 bits per heavy atom. The number of aliphatic hydroxyl groups is 1. The van der Waals surface area contributed by atoms with Gasteiger partial charge in [-0.1, -0.05) is 20.3 Å². The molecule has 0 spiro atoms. The summed E-state index contributed by atoms with van der Waals surface area (Å²) in [6.07, 6.45) is 0.673. The van der Waals surface area contributed by atoms with Crippen molar-refractivity contribution in [3.8, 4) is 0 Å². The maximum Gasteiger partial charge on any atom is 0.325 e. The molecular formula is C14H26N4O6. The average molecular weight is 346 g/mol. The van der Waals surface area contributed by atoms with Crippen LogP contribution in [0.2, 0.25) is 0 Å². The highest BCUT2D eigenvalue weighted by Crippen LogP contribution is 2.05. The molecular weight excluding hydrogens is 320 g/mol. The van der Waals surface area contributed by atoms with Gasteiger partial charge in [-0.2, -0.15) is 0 Å². The highest BCUT2D eigenvalue weighted by molar-refractivity contribution is 5.92. The summed E-state index contributed by atoms with van der Waals surface area (Å²) in [4.78, 5) is 45.8. The molecule has 7 N–H and O–H groups in total. The number of rotatable bonds is 10. The second kappa shape index (κ2) is 10.6. The quantitative estimate of drug-likeness (QED) is 0.255. The minimum absolute atomic E-state index is 0.101. The summed E-state index contributed by atoms with van der Waals surface area (Å²) in [6, 6.07) is -3.18. The molecule has 0 aromatic carbocycles. The Hall–Kier alpha value is -2.20. The highest BCUT2D eigenvalue weighted by atomic mass is 16.4. The van der Waals surface area contributed by atoms with Crippen molar-refractivity contribution in [1.29, 1.82) is 0 Å². The van der Waals surface area contributed by atoms with Crippen LogP contribution in [0.5, 0.6) is 0 Å². The molecule has 0 rings (SSSR count). The van der Waals surface area contributed by atoms with Gasteiger partial charge in [0.1, 0.15) is 12.1 Å². The molecule has 0 aromatic rings. The summed E-state index contributed by atoms with van der Waals surface area (Å²) in [5.74, 6) is -3.38. The van der Waals surface area contributed by atoms with E-state index in [-0.39, 0.29) is 5.92 Å². The van der Waals surface area contributed by atoms with Crippen LogP contribution in [0.15, 0.2) is 0 Å². The number of carboxylic acid groups (broad SMARTS) is 1. The molecule has 10 heteroatoms. The maximum atomic E-state index is 11.9. The number of carbonyl (C=O) groups is 4. The molecule has 0 aliphatic rings. The van der Waals surface area contributed by atoms with Crippen LogP contribution in [0.25, 0.3) is 0 Å². The summed E-state index contributed by atoms with van der Waals surface area (Å²) in [7, 11) is 0. The fourth-order valence-electron chi connectivity index (χ4n) is 1.62. The van der Waals surface area contributed by atoms with Gasteiger partial charge in [0.05, 0.1) is 19.2 Å². The Balaban J connectivity index is 4.47. The summed E-state index contributed by atoms with van der Waals surface area (Å²) in [5.41, 5.74) is 5.73. The number of carbonyl (C=O) groups excluding carboxylic acids is 3. The van der Waals surface area contributed by atoms with Gasteiger partial charge < -0.3 is 31.9 Å². The molecule has 3 amide bonds. The van der Waals surface area contributed by atoms with Gasteiger partial charge in [-0.15, -0.1) is 0 Å². The van der Waals surface area contributed by atoms with Crippen molar-refractivity contribution >= 4 is 23.7 Å². The largest absolute Gasteiger partial charge is 0.480 e. The lowest BCUT2D eigenvalue weighted by Crippen LogP contribution is -2.55. The van der Waals surface area contributed by atoms with E-state index in [2.05, 4.69) is 16.0 Å². The molecule has 0 aliphatic heterocycles. The second-order valence-electron chi connectivity index (χ2n) is 5.50.